The van der Waals surface area contributed by atoms with Gasteiger partial charge in [0.25, 0.3) is 0 Å². The zero-order chi connectivity index (χ0) is 13.2. The average molecular weight is 274 g/mol. The number of pyridine rings is 1. The van der Waals surface area contributed by atoms with Gasteiger partial charge in [-0.25, -0.2) is 14.8 Å². The van der Waals surface area contributed by atoms with Crippen LogP contribution in [0.4, 0.5) is 5.82 Å². The highest BCUT2D eigenvalue weighted by atomic mass is 32.1. The zero-order valence-electron chi connectivity index (χ0n) is 9.78. The van der Waals surface area contributed by atoms with Crippen LogP contribution in [0, 0.1) is 0 Å². The number of aromatic carboxylic acids is 1. The molecule has 3 aromatic heterocycles. The first-order valence-electron chi connectivity index (χ1n) is 5.57. The van der Waals surface area contributed by atoms with Gasteiger partial charge in [0.1, 0.15) is 11.4 Å². The summed E-state index contributed by atoms with van der Waals surface area (Å²) >= 11 is 1.54. The number of fused-ring (bicyclic) bond motifs is 1. The molecule has 0 saturated carbocycles. The number of hydrogen-bond donors (Lipinski definition) is 2. The summed E-state index contributed by atoms with van der Waals surface area (Å²) in [5.74, 6) is -0.622. The van der Waals surface area contributed by atoms with E-state index in [1.54, 1.807) is 29.8 Å². The summed E-state index contributed by atoms with van der Waals surface area (Å²) in [6, 6.07) is 3.13. The summed E-state index contributed by atoms with van der Waals surface area (Å²) in [7, 11) is 0. The third-order valence-electron chi connectivity index (χ3n) is 2.69. The van der Waals surface area contributed by atoms with Gasteiger partial charge in [-0.1, -0.05) is 0 Å². The molecule has 0 bridgehead atoms. The SMILES string of the molecule is O=C(O)c1cccnc1NCc1csc2nccn12. The van der Waals surface area contributed by atoms with Crippen molar-refractivity contribution in [2.24, 2.45) is 0 Å². The first-order valence-corrected chi connectivity index (χ1v) is 6.45. The fraction of sp³-hybridized carbons (Fsp3) is 0.0833. The van der Waals surface area contributed by atoms with Crippen molar-refractivity contribution in [2.45, 2.75) is 6.54 Å². The first kappa shape index (κ1) is 11.7. The van der Waals surface area contributed by atoms with E-state index in [2.05, 4.69) is 15.3 Å². The lowest BCUT2D eigenvalue weighted by Gasteiger charge is -2.07. The van der Waals surface area contributed by atoms with Crippen LogP contribution >= 0.6 is 11.3 Å². The lowest BCUT2D eigenvalue weighted by Crippen LogP contribution is -2.08. The molecular formula is C12H10N4O2S. The van der Waals surface area contributed by atoms with Gasteiger partial charge >= 0.3 is 5.97 Å². The minimum Gasteiger partial charge on any atom is -0.478 e. The van der Waals surface area contributed by atoms with E-state index in [0.717, 1.165) is 10.7 Å². The van der Waals surface area contributed by atoms with Crippen LogP contribution in [-0.2, 0) is 6.54 Å². The van der Waals surface area contributed by atoms with E-state index < -0.39 is 5.97 Å². The Labute approximate surface area is 112 Å². The van der Waals surface area contributed by atoms with Gasteiger partial charge in [0.2, 0.25) is 0 Å². The Balaban J connectivity index is 1.83. The van der Waals surface area contributed by atoms with Crippen LogP contribution in [0.25, 0.3) is 4.96 Å². The normalized spacial score (nSPS) is 10.7. The molecule has 0 unspecified atom stereocenters. The molecule has 3 heterocycles. The molecule has 0 amide bonds. The van der Waals surface area contributed by atoms with Crippen LogP contribution in [0.1, 0.15) is 16.1 Å². The Bertz CT molecular complexity index is 734. The number of thiazole rings is 1. The fourth-order valence-electron chi connectivity index (χ4n) is 1.79. The molecule has 0 aliphatic carbocycles. The molecule has 0 saturated heterocycles. The number of carbonyl (C=O) groups is 1. The number of carboxylic acids is 1. The Morgan fingerprint density at radius 1 is 1.42 bits per heavy atom. The van der Waals surface area contributed by atoms with Crippen molar-refractivity contribution in [3.63, 3.8) is 0 Å². The van der Waals surface area contributed by atoms with Crippen LogP contribution in [0.15, 0.2) is 36.1 Å². The maximum absolute atomic E-state index is 11.1. The van der Waals surface area contributed by atoms with Crippen molar-refractivity contribution in [3.8, 4) is 0 Å². The number of nitrogens with one attached hydrogen (secondary N) is 1. The zero-order valence-corrected chi connectivity index (χ0v) is 10.6. The van der Waals surface area contributed by atoms with Crippen molar-refractivity contribution in [1.29, 1.82) is 0 Å². The summed E-state index contributed by atoms with van der Waals surface area (Å²) < 4.78 is 1.96. The summed E-state index contributed by atoms with van der Waals surface area (Å²) in [5.41, 5.74) is 1.18. The second kappa shape index (κ2) is 4.69. The third kappa shape index (κ3) is 2.15. The molecule has 0 radical (unpaired) electrons. The predicted octanol–water partition coefficient (Wildman–Crippen LogP) is 2.10. The molecule has 19 heavy (non-hydrogen) atoms. The molecular weight excluding hydrogens is 264 g/mol. The van der Waals surface area contributed by atoms with Crippen LogP contribution in [0.3, 0.4) is 0 Å². The number of aromatic nitrogens is 3. The van der Waals surface area contributed by atoms with Gasteiger partial charge < -0.3 is 10.4 Å². The molecule has 2 N–H and O–H groups in total. The van der Waals surface area contributed by atoms with E-state index in [1.165, 1.54) is 6.07 Å². The van der Waals surface area contributed by atoms with Gasteiger partial charge in [0, 0.05) is 24.0 Å². The van der Waals surface area contributed by atoms with Crippen LogP contribution in [0.2, 0.25) is 0 Å². The van der Waals surface area contributed by atoms with Crippen molar-refractivity contribution in [3.05, 3.63) is 47.4 Å². The Kier molecular flexibility index (Phi) is 2.88. The number of hydrogen-bond acceptors (Lipinski definition) is 5. The predicted molar refractivity (Wildman–Crippen MR) is 71.6 cm³/mol. The van der Waals surface area contributed by atoms with E-state index in [0.29, 0.717) is 12.4 Å². The van der Waals surface area contributed by atoms with Gasteiger partial charge in [-0.2, -0.15) is 0 Å². The van der Waals surface area contributed by atoms with Gasteiger partial charge in [0.15, 0.2) is 4.96 Å². The van der Waals surface area contributed by atoms with Crippen LogP contribution in [0.5, 0.6) is 0 Å². The lowest BCUT2D eigenvalue weighted by molar-refractivity contribution is 0.0697. The second-order valence-corrected chi connectivity index (χ2v) is 4.70. The van der Waals surface area contributed by atoms with E-state index >= 15 is 0 Å². The molecule has 6 nitrogen and oxygen atoms in total. The average Bonchev–Trinajstić information content (AvgIpc) is 3.00. The van der Waals surface area contributed by atoms with Crippen molar-refractivity contribution >= 4 is 28.1 Å². The Morgan fingerprint density at radius 2 is 2.32 bits per heavy atom. The molecule has 3 aromatic rings. The van der Waals surface area contributed by atoms with Crippen molar-refractivity contribution in [1.82, 2.24) is 14.4 Å². The molecule has 0 aliphatic heterocycles. The minimum atomic E-state index is -0.992. The standard InChI is InChI=1S/C12H10N4O2S/c17-11(18)9-2-1-3-13-10(9)15-6-8-7-19-12-14-4-5-16(8)12/h1-5,7H,6H2,(H,13,15)(H,17,18). The molecule has 0 fully saturated rings. The second-order valence-electron chi connectivity index (χ2n) is 3.87. The molecule has 0 aromatic carbocycles. The molecule has 0 spiro atoms. The molecule has 7 heteroatoms. The number of anilines is 1. The topological polar surface area (TPSA) is 79.5 Å². The molecule has 3 rings (SSSR count). The van der Waals surface area contributed by atoms with E-state index in [9.17, 15) is 4.79 Å². The van der Waals surface area contributed by atoms with Gasteiger partial charge in [-0.3, -0.25) is 4.40 Å². The van der Waals surface area contributed by atoms with Crippen molar-refractivity contribution in [2.75, 3.05) is 5.32 Å². The van der Waals surface area contributed by atoms with Gasteiger partial charge in [-0.15, -0.1) is 11.3 Å². The number of carboxylic acid groups (broad SMARTS) is 1. The van der Waals surface area contributed by atoms with Crippen LogP contribution < -0.4 is 5.32 Å². The lowest BCUT2D eigenvalue weighted by atomic mass is 10.2. The fourth-order valence-corrected chi connectivity index (χ4v) is 2.64. The maximum Gasteiger partial charge on any atom is 0.339 e. The number of nitrogens with zero attached hydrogens (tertiary/aromatic N) is 3. The van der Waals surface area contributed by atoms with E-state index in [1.807, 2.05) is 16.0 Å². The minimum absolute atomic E-state index is 0.166. The Hall–Kier alpha value is -2.41. The number of imidazole rings is 1. The van der Waals surface area contributed by atoms with Gasteiger partial charge in [-0.05, 0) is 12.1 Å². The quantitative estimate of drug-likeness (QED) is 0.761. The maximum atomic E-state index is 11.1. The van der Waals surface area contributed by atoms with E-state index in [4.69, 9.17) is 5.11 Å². The highest BCUT2D eigenvalue weighted by Crippen LogP contribution is 2.17. The highest BCUT2D eigenvalue weighted by molar-refractivity contribution is 7.15. The summed E-state index contributed by atoms with van der Waals surface area (Å²) in [6.45, 7) is 0.494. The molecule has 0 atom stereocenters. The summed E-state index contributed by atoms with van der Waals surface area (Å²) in [6.07, 6.45) is 5.17. The van der Waals surface area contributed by atoms with E-state index in [-0.39, 0.29) is 5.56 Å². The third-order valence-corrected chi connectivity index (χ3v) is 3.59. The number of rotatable bonds is 4. The molecule has 0 aliphatic rings. The Morgan fingerprint density at radius 3 is 3.16 bits per heavy atom. The summed E-state index contributed by atoms with van der Waals surface area (Å²) in [4.78, 5) is 20.2. The van der Waals surface area contributed by atoms with Crippen LogP contribution in [-0.4, -0.2) is 25.4 Å². The first-order chi connectivity index (χ1) is 9.25. The largest absolute Gasteiger partial charge is 0.478 e. The smallest absolute Gasteiger partial charge is 0.339 e. The van der Waals surface area contributed by atoms with Gasteiger partial charge in [0.05, 0.1) is 12.2 Å². The summed E-state index contributed by atoms with van der Waals surface area (Å²) in [5, 5.41) is 14.1. The highest BCUT2D eigenvalue weighted by Gasteiger charge is 2.11. The molecule has 96 valence electrons. The monoisotopic (exact) mass is 274 g/mol. The van der Waals surface area contributed by atoms with Crippen molar-refractivity contribution < 1.29 is 9.90 Å².